The first-order valence-corrected chi connectivity index (χ1v) is 12.9. The van der Waals surface area contributed by atoms with Gasteiger partial charge in [-0.2, -0.15) is 4.31 Å². The van der Waals surface area contributed by atoms with Gasteiger partial charge in [0.05, 0.1) is 5.92 Å². The van der Waals surface area contributed by atoms with Crippen LogP contribution >= 0.6 is 0 Å². The van der Waals surface area contributed by atoms with Crippen LogP contribution in [0.2, 0.25) is 0 Å². The number of aryl methyl sites for hydroxylation is 2. The van der Waals surface area contributed by atoms with Gasteiger partial charge in [0.2, 0.25) is 15.9 Å². The largest absolute Gasteiger partial charge is 0.355 e. The number of aromatic nitrogens is 1. The van der Waals surface area contributed by atoms with Crippen molar-refractivity contribution in [1.82, 2.24) is 9.46 Å². The molecular weight excluding hydrogens is 469 g/mol. The molecule has 1 aliphatic heterocycles. The molecule has 0 aliphatic carbocycles. The lowest BCUT2D eigenvalue weighted by Crippen LogP contribution is -2.44. The third-order valence-electron chi connectivity index (χ3n) is 6.37. The number of rotatable bonds is 6. The minimum absolute atomic E-state index is 0.0210. The Balaban J connectivity index is 1.55. The van der Waals surface area contributed by atoms with Gasteiger partial charge in [0.25, 0.3) is 0 Å². The highest BCUT2D eigenvalue weighted by Crippen LogP contribution is 2.30. The normalized spacial score (nSPS) is 17.1. The molecule has 7 nitrogen and oxygen atoms in total. The molecule has 0 spiro atoms. The van der Waals surface area contributed by atoms with E-state index in [2.05, 4.69) is 10.5 Å². The molecule has 2 aromatic carbocycles. The first-order valence-electron chi connectivity index (χ1n) is 11.4. The van der Waals surface area contributed by atoms with Crippen LogP contribution < -0.4 is 5.32 Å². The third kappa shape index (κ3) is 5.21. The van der Waals surface area contributed by atoms with Gasteiger partial charge in [0.15, 0.2) is 10.7 Å². The first kappa shape index (κ1) is 24.8. The summed E-state index contributed by atoms with van der Waals surface area (Å²) >= 11 is 0. The second-order valence-electron chi connectivity index (χ2n) is 8.76. The summed E-state index contributed by atoms with van der Waals surface area (Å²) in [6.45, 7) is 5.80. The Morgan fingerprint density at radius 3 is 2.69 bits per heavy atom. The second kappa shape index (κ2) is 10.1. The molecule has 1 fully saturated rings. The number of halogens is 1. The fourth-order valence-corrected chi connectivity index (χ4v) is 5.97. The lowest BCUT2D eigenvalue weighted by Gasteiger charge is -2.31. The highest BCUT2D eigenvalue weighted by atomic mass is 32.2. The molecule has 1 atom stereocenters. The maximum absolute atomic E-state index is 14.0. The first-order chi connectivity index (χ1) is 16.7. The number of hydrogen-bond acceptors (Lipinski definition) is 5. The molecule has 35 heavy (non-hydrogen) atoms. The maximum atomic E-state index is 14.0. The quantitative estimate of drug-likeness (QED) is 0.520. The molecular formula is C26H28FN3O4S. The number of anilines is 1. The average Bonchev–Trinajstić information content (AvgIpc) is 3.22. The van der Waals surface area contributed by atoms with Crippen LogP contribution in [0, 0.1) is 32.5 Å². The van der Waals surface area contributed by atoms with Gasteiger partial charge in [-0.25, -0.2) is 12.8 Å². The number of carbonyl (C=O) groups is 1. The lowest BCUT2D eigenvalue weighted by molar-refractivity contribution is -0.120. The summed E-state index contributed by atoms with van der Waals surface area (Å²) < 4.78 is 47.7. The lowest BCUT2D eigenvalue weighted by atomic mass is 9.98. The van der Waals surface area contributed by atoms with Gasteiger partial charge in [-0.05, 0) is 69.0 Å². The molecule has 1 aliphatic rings. The zero-order valence-electron chi connectivity index (χ0n) is 19.9. The number of benzene rings is 2. The van der Waals surface area contributed by atoms with E-state index in [4.69, 9.17) is 4.52 Å². The standard InChI is InChI=1S/C26H28FN3O4S/c1-17-8-6-12-23(18(17)2)28-26(31)21-10-7-15-30(16-21)35(32,33)25-19(3)29-34-24(25)14-13-20-9-4-5-11-22(20)27/h4-6,8-9,11-14,21H,7,10,15-16H2,1-3H3,(H,28,31). The van der Waals surface area contributed by atoms with Crippen LogP contribution in [0.1, 0.15) is 41.0 Å². The number of nitrogens with zero attached hydrogens (tertiary/aromatic N) is 2. The molecule has 2 heterocycles. The molecule has 1 unspecified atom stereocenters. The Bertz CT molecular complexity index is 1380. The highest BCUT2D eigenvalue weighted by molar-refractivity contribution is 7.89. The number of piperidine rings is 1. The van der Waals surface area contributed by atoms with E-state index in [0.717, 1.165) is 16.8 Å². The summed E-state index contributed by atoms with van der Waals surface area (Å²) in [7, 11) is -4.00. The summed E-state index contributed by atoms with van der Waals surface area (Å²) in [5.41, 5.74) is 3.28. The van der Waals surface area contributed by atoms with Crippen molar-refractivity contribution in [3.63, 3.8) is 0 Å². The van der Waals surface area contributed by atoms with Crippen molar-refractivity contribution in [2.24, 2.45) is 5.92 Å². The summed E-state index contributed by atoms with van der Waals surface area (Å²) in [6, 6.07) is 11.8. The highest BCUT2D eigenvalue weighted by Gasteiger charge is 2.37. The Morgan fingerprint density at radius 2 is 1.91 bits per heavy atom. The Hall–Kier alpha value is -3.30. The van der Waals surface area contributed by atoms with Crippen molar-refractivity contribution in [3.05, 3.63) is 76.4 Å². The van der Waals surface area contributed by atoms with E-state index < -0.39 is 21.8 Å². The van der Waals surface area contributed by atoms with Crippen molar-refractivity contribution in [1.29, 1.82) is 0 Å². The average molecular weight is 498 g/mol. The van der Waals surface area contributed by atoms with Gasteiger partial charge >= 0.3 is 0 Å². The van der Waals surface area contributed by atoms with Crippen LogP contribution in [0.25, 0.3) is 12.2 Å². The molecule has 1 aromatic heterocycles. The second-order valence-corrected chi connectivity index (χ2v) is 10.6. The molecule has 0 saturated carbocycles. The van der Waals surface area contributed by atoms with Crippen LogP contribution in [0.4, 0.5) is 10.1 Å². The van der Waals surface area contributed by atoms with E-state index in [0.29, 0.717) is 18.4 Å². The number of sulfonamides is 1. The zero-order chi connectivity index (χ0) is 25.2. The minimum atomic E-state index is -4.00. The predicted octanol–water partition coefficient (Wildman–Crippen LogP) is 4.95. The number of carbonyl (C=O) groups excluding carboxylic acids is 1. The van der Waals surface area contributed by atoms with Crippen LogP contribution in [-0.4, -0.2) is 36.9 Å². The molecule has 0 radical (unpaired) electrons. The Labute approximate surface area is 204 Å². The van der Waals surface area contributed by atoms with Gasteiger partial charge < -0.3 is 9.84 Å². The summed E-state index contributed by atoms with van der Waals surface area (Å²) in [6.07, 6.45) is 3.99. The number of hydrogen-bond donors (Lipinski definition) is 1. The van der Waals surface area contributed by atoms with Crippen LogP contribution in [0.15, 0.2) is 51.9 Å². The molecule has 1 N–H and O–H groups in total. The van der Waals surface area contributed by atoms with E-state index in [9.17, 15) is 17.6 Å². The van der Waals surface area contributed by atoms with Gasteiger partial charge in [-0.1, -0.05) is 35.5 Å². The van der Waals surface area contributed by atoms with Crippen molar-refractivity contribution in [3.8, 4) is 0 Å². The Kier molecular flexibility index (Phi) is 7.18. The van der Waals surface area contributed by atoms with E-state index in [1.165, 1.54) is 22.5 Å². The maximum Gasteiger partial charge on any atom is 0.248 e. The van der Waals surface area contributed by atoms with Gasteiger partial charge in [-0.15, -0.1) is 0 Å². The molecule has 3 aromatic rings. The van der Waals surface area contributed by atoms with Crippen molar-refractivity contribution in [2.75, 3.05) is 18.4 Å². The zero-order valence-corrected chi connectivity index (χ0v) is 20.7. The molecule has 1 saturated heterocycles. The molecule has 1 amide bonds. The van der Waals surface area contributed by atoms with Crippen LogP contribution in [0.3, 0.4) is 0 Å². The van der Waals surface area contributed by atoms with Gasteiger partial charge in [0.1, 0.15) is 11.5 Å². The molecule has 0 bridgehead atoms. The fourth-order valence-electron chi connectivity index (χ4n) is 4.20. The van der Waals surface area contributed by atoms with Gasteiger partial charge in [0, 0.05) is 24.3 Å². The van der Waals surface area contributed by atoms with Crippen LogP contribution in [-0.2, 0) is 14.8 Å². The number of nitrogens with one attached hydrogen (secondary N) is 1. The summed E-state index contributed by atoms with van der Waals surface area (Å²) in [4.78, 5) is 12.9. The summed E-state index contributed by atoms with van der Waals surface area (Å²) in [5, 5.41) is 6.79. The number of amides is 1. The van der Waals surface area contributed by atoms with E-state index in [1.54, 1.807) is 25.1 Å². The molecule has 9 heteroatoms. The summed E-state index contributed by atoms with van der Waals surface area (Å²) in [5.74, 6) is -1.11. The molecule has 4 rings (SSSR count). The van der Waals surface area contributed by atoms with Gasteiger partial charge in [-0.3, -0.25) is 4.79 Å². The van der Waals surface area contributed by atoms with Crippen molar-refractivity contribution < 1.29 is 22.1 Å². The Morgan fingerprint density at radius 1 is 1.14 bits per heavy atom. The van der Waals surface area contributed by atoms with Crippen molar-refractivity contribution >= 4 is 33.8 Å². The van der Waals surface area contributed by atoms with Crippen LogP contribution in [0.5, 0.6) is 0 Å². The van der Waals surface area contributed by atoms with Crippen molar-refractivity contribution in [2.45, 2.75) is 38.5 Å². The SMILES string of the molecule is Cc1cccc(NC(=O)C2CCCN(S(=O)(=O)c3c(C)noc3C=Cc3ccccc3F)C2)c1C. The van der Waals surface area contributed by atoms with E-state index in [-0.39, 0.29) is 35.3 Å². The topological polar surface area (TPSA) is 92.5 Å². The predicted molar refractivity (Wildman–Crippen MR) is 133 cm³/mol. The van der Waals surface area contributed by atoms with E-state index >= 15 is 0 Å². The fraction of sp³-hybridized carbons (Fsp3) is 0.308. The smallest absolute Gasteiger partial charge is 0.248 e. The third-order valence-corrected chi connectivity index (χ3v) is 8.39. The minimum Gasteiger partial charge on any atom is -0.355 e. The van der Waals surface area contributed by atoms with E-state index in [1.807, 2.05) is 32.0 Å². The molecule has 184 valence electrons. The monoisotopic (exact) mass is 497 g/mol.